The van der Waals surface area contributed by atoms with Crippen LogP contribution in [0.3, 0.4) is 0 Å². The van der Waals surface area contributed by atoms with Gasteiger partial charge < -0.3 is 19.8 Å². The van der Waals surface area contributed by atoms with E-state index in [0.29, 0.717) is 19.8 Å². The summed E-state index contributed by atoms with van der Waals surface area (Å²) in [6, 6.07) is -0.170. The second kappa shape index (κ2) is 6.55. The van der Waals surface area contributed by atoms with Crippen LogP contribution >= 0.6 is 0 Å². The number of aromatic nitrogens is 2. The van der Waals surface area contributed by atoms with E-state index in [-0.39, 0.29) is 6.04 Å². The molecular weight excluding hydrogens is 194 g/mol. The van der Waals surface area contributed by atoms with Crippen LogP contribution in [-0.2, 0) is 16.0 Å². The van der Waals surface area contributed by atoms with Crippen LogP contribution in [0.25, 0.3) is 0 Å². The van der Waals surface area contributed by atoms with Gasteiger partial charge in [-0.3, -0.25) is 0 Å². The molecule has 15 heavy (non-hydrogen) atoms. The molecular formula is C10H19N3O2. The lowest BCUT2D eigenvalue weighted by Crippen LogP contribution is -2.22. The quantitative estimate of drug-likeness (QED) is 0.672. The molecule has 0 bridgehead atoms. The molecule has 1 rings (SSSR count). The van der Waals surface area contributed by atoms with Gasteiger partial charge in [0.2, 0.25) is 0 Å². The number of nitrogens with two attached hydrogens (primary N) is 1. The number of nitrogens with zero attached hydrogens (tertiary/aromatic N) is 2. The van der Waals surface area contributed by atoms with Crippen molar-refractivity contribution in [3.05, 3.63) is 18.2 Å². The van der Waals surface area contributed by atoms with Crippen LogP contribution in [0, 0.1) is 0 Å². The molecule has 86 valence electrons. The summed E-state index contributed by atoms with van der Waals surface area (Å²) in [6.45, 7) is 4.57. The number of rotatable bonds is 7. The van der Waals surface area contributed by atoms with Crippen LogP contribution in [0.1, 0.15) is 18.8 Å². The monoisotopic (exact) mass is 213 g/mol. The molecule has 1 atom stereocenters. The lowest BCUT2D eigenvalue weighted by Gasteiger charge is -2.13. The van der Waals surface area contributed by atoms with E-state index in [9.17, 15) is 0 Å². The normalized spacial score (nSPS) is 13.0. The largest absolute Gasteiger partial charge is 0.382 e. The highest BCUT2D eigenvalue weighted by atomic mass is 16.5. The fourth-order valence-electron chi connectivity index (χ4n) is 1.34. The van der Waals surface area contributed by atoms with E-state index < -0.39 is 0 Å². The van der Waals surface area contributed by atoms with Crippen LogP contribution in [0.4, 0.5) is 0 Å². The highest BCUT2D eigenvalue weighted by Crippen LogP contribution is 2.08. The smallest absolute Gasteiger partial charge is 0.127 e. The molecule has 0 spiro atoms. The molecule has 1 aromatic rings. The maximum Gasteiger partial charge on any atom is 0.127 e. The summed E-state index contributed by atoms with van der Waals surface area (Å²) < 4.78 is 12.2. The lowest BCUT2D eigenvalue weighted by molar-refractivity contribution is 0.0622. The Morgan fingerprint density at radius 1 is 1.53 bits per heavy atom. The minimum absolute atomic E-state index is 0.170. The van der Waals surface area contributed by atoms with Gasteiger partial charge in [-0.15, -0.1) is 0 Å². The summed E-state index contributed by atoms with van der Waals surface area (Å²) in [5.74, 6) is 0.870. The first-order chi connectivity index (χ1) is 7.29. The minimum atomic E-state index is -0.170. The van der Waals surface area contributed by atoms with Gasteiger partial charge in [0.25, 0.3) is 0 Å². The molecule has 1 heterocycles. The Morgan fingerprint density at radius 3 is 3.00 bits per heavy atom. The molecule has 0 saturated heterocycles. The molecule has 0 amide bonds. The molecule has 0 aliphatic carbocycles. The summed E-state index contributed by atoms with van der Waals surface area (Å²) in [5.41, 5.74) is 5.95. The Kier molecular flexibility index (Phi) is 5.31. The van der Waals surface area contributed by atoms with E-state index in [1.54, 1.807) is 13.3 Å². The summed E-state index contributed by atoms with van der Waals surface area (Å²) in [5, 5.41) is 0. The standard InChI is InChI=1S/C10H19N3O2/c1-3-13-5-4-12-10(13)9(11)8-15-7-6-14-2/h4-5,9H,3,6-8,11H2,1-2H3. The van der Waals surface area contributed by atoms with Crippen molar-refractivity contribution in [3.8, 4) is 0 Å². The SMILES string of the molecule is CCn1ccnc1C(N)COCCOC. The van der Waals surface area contributed by atoms with Gasteiger partial charge in [-0.25, -0.2) is 4.98 Å². The molecule has 1 unspecified atom stereocenters. The number of methoxy groups -OCH3 is 1. The molecule has 5 heteroatoms. The Labute approximate surface area is 90.2 Å². The Bertz CT molecular complexity index is 275. The molecule has 0 aromatic carbocycles. The fraction of sp³-hybridized carbons (Fsp3) is 0.700. The molecule has 1 aromatic heterocycles. The van der Waals surface area contributed by atoms with E-state index in [4.69, 9.17) is 15.2 Å². The molecule has 5 nitrogen and oxygen atoms in total. The molecule has 0 saturated carbocycles. The van der Waals surface area contributed by atoms with Crippen LogP contribution < -0.4 is 5.73 Å². The predicted octanol–water partition coefficient (Wildman–Crippen LogP) is 0.566. The second-order valence-corrected chi connectivity index (χ2v) is 3.25. The van der Waals surface area contributed by atoms with Crippen molar-refractivity contribution in [2.24, 2.45) is 5.73 Å². The third-order valence-corrected chi connectivity index (χ3v) is 2.15. The Hall–Kier alpha value is -0.910. The van der Waals surface area contributed by atoms with Gasteiger partial charge in [-0.05, 0) is 6.92 Å². The van der Waals surface area contributed by atoms with Crippen LogP contribution in [0.15, 0.2) is 12.4 Å². The van der Waals surface area contributed by atoms with Crippen molar-refractivity contribution in [2.75, 3.05) is 26.9 Å². The van der Waals surface area contributed by atoms with Gasteiger partial charge in [0.1, 0.15) is 5.82 Å². The van der Waals surface area contributed by atoms with Crippen molar-refractivity contribution in [1.82, 2.24) is 9.55 Å². The average Bonchev–Trinajstić information content (AvgIpc) is 2.72. The van der Waals surface area contributed by atoms with Crippen LogP contribution in [0.2, 0.25) is 0 Å². The molecule has 0 fully saturated rings. The summed E-state index contributed by atoms with van der Waals surface area (Å²) in [6.07, 6.45) is 3.68. The molecule has 2 N–H and O–H groups in total. The molecule has 0 aliphatic heterocycles. The van der Waals surface area contributed by atoms with Crippen molar-refractivity contribution in [1.29, 1.82) is 0 Å². The van der Waals surface area contributed by atoms with Crippen molar-refractivity contribution >= 4 is 0 Å². The Balaban J connectivity index is 2.36. The average molecular weight is 213 g/mol. The van der Waals surface area contributed by atoms with Gasteiger partial charge in [-0.1, -0.05) is 0 Å². The zero-order chi connectivity index (χ0) is 11.1. The first kappa shape index (κ1) is 12.2. The maximum absolute atomic E-state index is 5.95. The van der Waals surface area contributed by atoms with Crippen molar-refractivity contribution in [3.63, 3.8) is 0 Å². The van der Waals surface area contributed by atoms with Gasteiger partial charge >= 0.3 is 0 Å². The van der Waals surface area contributed by atoms with Gasteiger partial charge in [0, 0.05) is 26.0 Å². The second-order valence-electron chi connectivity index (χ2n) is 3.25. The zero-order valence-corrected chi connectivity index (χ0v) is 9.35. The van der Waals surface area contributed by atoms with Gasteiger partial charge in [0.05, 0.1) is 25.9 Å². The first-order valence-corrected chi connectivity index (χ1v) is 5.12. The van der Waals surface area contributed by atoms with Gasteiger partial charge in [0.15, 0.2) is 0 Å². The summed E-state index contributed by atoms with van der Waals surface area (Å²) >= 11 is 0. The van der Waals surface area contributed by atoms with Crippen LogP contribution in [-0.4, -0.2) is 36.5 Å². The third-order valence-electron chi connectivity index (χ3n) is 2.15. The fourth-order valence-corrected chi connectivity index (χ4v) is 1.34. The van der Waals surface area contributed by atoms with Crippen LogP contribution in [0.5, 0.6) is 0 Å². The van der Waals surface area contributed by atoms with E-state index in [1.807, 2.05) is 10.8 Å². The highest BCUT2D eigenvalue weighted by molar-refractivity contribution is 4.98. The van der Waals surface area contributed by atoms with Crippen molar-refractivity contribution < 1.29 is 9.47 Å². The molecule has 0 radical (unpaired) electrons. The number of ether oxygens (including phenoxy) is 2. The Morgan fingerprint density at radius 2 is 2.33 bits per heavy atom. The third kappa shape index (κ3) is 3.62. The van der Waals surface area contributed by atoms with E-state index >= 15 is 0 Å². The number of hydrogen-bond donors (Lipinski definition) is 1. The first-order valence-electron chi connectivity index (χ1n) is 5.12. The lowest BCUT2D eigenvalue weighted by atomic mass is 10.3. The van der Waals surface area contributed by atoms with Crippen molar-refractivity contribution in [2.45, 2.75) is 19.5 Å². The highest BCUT2D eigenvalue weighted by Gasteiger charge is 2.11. The topological polar surface area (TPSA) is 62.3 Å². The number of hydrogen-bond acceptors (Lipinski definition) is 4. The number of aryl methyl sites for hydroxylation is 1. The summed E-state index contributed by atoms with van der Waals surface area (Å²) in [4.78, 5) is 4.21. The minimum Gasteiger partial charge on any atom is -0.382 e. The van der Waals surface area contributed by atoms with E-state index in [0.717, 1.165) is 12.4 Å². The molecule has 0 aliphatic rings. The zero-order valence-electron chi connectivity index (χ0n) is 9.35. The predicted molar refractivity (Wildman–Crippen MR) is 57.5 cm³/mol. The van der Waals surface area contributed by atoms with E-state index in [2.05, 4.69) is 11.9 Å². The maximum atomic E-state index is 5.95. The van der Waals surface area contributed by atoms with E-state index in [1.165, 1.54) is 0 Å². The van der Waals surface area contributed by atoms with Gasteiger partial charge in [-0.2, -0.15) is 0 Å². The summed E-state index contributed by atoms with van der Waals surface area (Å²) in [7, 11) is 1.65. The number of imidazole rings is 1.